The standard InChI is InChI=1S/C22H30N4O3S/c1-13(23-2)20(27)25-17-10-11-19-26(22(17)29)18(12-30-19)21(28)24-16-9-5-7-14-6-3-4-8-15(14)16/h3-4,6,8,13,16-19,23H,5,7,9-12H2,1-2H3,(H,24,28)(H,25,27)/t13-,16?,17+,18+,19?/m1/s1. The van der Waals surface area contributed by atoms with Gasteiger partial charge in [0, 0.05) is 5.75 Å². The van der Waals surface area contributed by atoms with Gasteiger partial charge in [-0.05, 0) is 57.2 Å². The number of nitrogens with zero attached hydrogens (tertiary/aromatic N) is 1. The second-order valence-corrected chi connectivity index (χ2v) is 9.56. The molecule has 1 aliphatic carbocycles. The summed E-state index contributed by atoms with van der Waals surface area (Å²) in [5.41, 5.74) is 2.48. The SMILES string of the molecule is CN[C@H](C)C(=O)N[C@H]1CCC2SC[C@@H](C(=O)NC3CCCc4ccccc43)N2C1=O. The van der Waals surface area contributed by atoms with E-state index in [9.17, 15) is 14.4 Å². The van der Waals surface area contributed by atoms with Crippen molar-refractivity contribution >= 4 is 29.5 Å². The first kappa shape index (κ1) is 21.2. The fourth-order valence-corrected chi connectivity index (χ4v) is 6.06. The Balaban J connectivity index is 1.44. The van der Waals surface area contributed by atoms with E-state index >= 15 is 0 Å². The molecule has 162 valence electrons. The average molecular weight is 431 g/mol. The molecule has 7 nitrogen and oxygen atoms in total. The number of nitrogens with one attached hydrogen (secondary N) is 3. The first-order valence-electron chi connectivity index (χ1n) is 10.8. The van der Waals surface area contributed by atoms with E-state index < -0.39 is 12.1 Å². The van der Waals surface area contributed by atoms with E-state index in [1.54, 1.807) is 30.6 Å². The molecular weight excluding hydrogens is 400 g/mol. The summed E-state index contributed by atoms with van der Waals surface area (Å²) >= 11 is 1.67. The molecular formula is C22H30N4O3S. The lowest BCUT2D eigenvalue weighted by Crippen LogP contribution is -2.60. The first-order valence-corrected chi connectivity index (χ1v) is 11.8. The van der Waals surface area contributed by atoms with Gasteiger partial charge in [-0.1, -0.05) is 24.3 Å². The van der Waals surface area contributed by atoms with Gasteiger partial charge in [-0.15, -0.1) is 11.8 Å². The zero-order chi connectivity index (χ0) is 21.3. The minimum atomic E-state index is -0.561. The van der Waals surface area contributed by atoms with Crippen molar-refractivity contribution in [3.63, 3.8) is 0 Å². The number of fused-ring (bicyclic) bond motifs is 2. The molecule has 3 aliphatic rings. The predicted molar refractivity (Wildman–Crippen MR) is 117 cm³/mol. The molecule has 4 rings (SSSR count). The van der Waals surface area contributed by atoms with Gasteiger partial charge in [0.25, 0.3) is 0 Å². The fraction of sp³-hybridized carbons (Fsp3) is 0.591. The van der Waals surface area contributed by atoms with Gasteiger partial charge in [0.1, 0.15) is 12.1 Å². The molecule has 3 N–H and O–H groups in total. The highest BCUT2D eigenvalue weighted by Gasteiger charge is 2.47. The summed E-state index contributed by atoms with van der Waals surface area (Å²) in [5, 5.41) is 8.97. The highest BCUT2D eigenvalue weighted by molar-refractivity contribution is 8.00. The average Bonchev–Trinajstić information content (AvgIpc) is 3.20. The maximum absolute atomic E-state index is 13.2. The van der Waals surface area contributed by atoms with Gasteiger partial charge in [0.05, 0.1) is 17.5 Å². The minimum Gasteiger partial charge on any atom is -0.347 e. The third-order valence-electron chi connectivity index (χ3n) is 6.48. The summed E-state index contributed by atoms with van der Waals surface area (Å²) in [4.78, 5) is 40.3. The van der Waals surface area contributed by atoms with Crippen LogP contribution in [0.4, 0.5) is 0 Å². The molecule has 0 radical (unpaired) electrons. The third kappa shape index (κ3) is 4.07. The van der Waals surface area contributed by atoms with Crippen molar-refractivity contribution in [2.24, 2.45) is 0 Å². The van der Waals surface area contributed by atoms with Crippen LogP contribution in [0, 0.1) is 0 Å². The van der Waals surface area contributed by atoms with E-state index in [0.717, 1.165) is 25.7 Å². The Morgan fingerprint density at radius 3 is 2.73 bits per heavy atom. The van der Waals surface area contributed by atoms with E-state index in [4.69, 9.17) is 0 Å². The Morgan fingerprint density at radius 1 is 1.13 bits per heavy atom. The van der Waals surface area contributed by atoms with Crippen LogP contribution in [0.25, 0.3) is 0 Å². The van der Waals surface area contributed by atoms with Crippen molar-refractivity contribution in [2.75, 3.05) is 12.8 Å². The highest BCUT2D eigenvalue weighted by Crippen LogP contribution is 2.37. The topological polar surface area (TPSA) is 90.5 Å². The van der Waals surface area contributed by atoms with Gasteiger partial charge in [0.2, 0.25) is 17.7 Å². The van der Waals surface area contributed by atoms with Crippen molar-refractivity contribution in [3.8, 4) is 0 Å². The number of likely N-dealkylation sites (N-methyl/N-ethyl adjacent to an activating group) is 1. The Kier molecular flexibility index (Phi) is 6.34. The maximum atomic E-state index is 13.2. The van der Waals surface area contributed by atoms with Gasteiger partial charge in [-0.25, -0.2) is 0 Å². The van der Waals surface area contributed by atoms with Crippen LogP contribution < -0.4 is 16.0 Å². The van der Waals surface area contributed by atoms with Crippen LogP contribution in [-0.4, -0.2) is 58.9 Å². The van der Waals surface area contributed by atoms with Crippen molar-refractivity contribution in [2.45, 2.75) is 68.6 Å². The second-order valence-electron chi connectivity index (χ2n) is 8.35. The molecule has 2 heterocycles. The Hall–Kier alpha value is -2.06. The molecule has 8 heteroatoms. The van der Waals surface area contributed by atoms with Crippen molar-refractivity contribution in [1.82, 2.24) is 20.9 Å². The molecule has 3 amide bonds. The lowest BCUT2D eigenvalue weighted by atomic mass is 9.87. The molecule has 1 aromatic carbocycles. The van der Waals surface area contributed by atoms with Crippen LogP contribution >= 0.6 is 11.8 Å². The smallest absolute Gasteiger partial charge is 0.246 e. The number of carbonyl (C=O) groups excluding carboxylic acids is 3. The molecule has 0 bridgehead atoms. The third-order valence-corrected chi connectivity index (χ3v) is 7.83. The van der Waals surface area contributed by atoms with E-state index in [1.165, 1.54) is 11.1 Å². The van der Waals surface area contributed by atoms with E-state index in [-0.39, 0.29) is 35.2 Å². The van der Waals surface area contributed by atoms with Gasteiger partial charge in [0.15, 0.2) is 0 Å². The van der Waals surface area contributed by atoms with Gasteiger partial charge < -0.3 is 20.9 Å². The number of hydrogen-bond acceptors (Lipinski definition) is 5. The van der Waals surface area contributed by atoms with Gasteiger partial charge >= 0.3 is 0 Å². The molecule has 2 unspecified atom stereocenters. The molecule has 2 saturated heterocycles. The normalized spacial score (nSPS) is 29.0. The summed E-state index contributed by atoms with van der Waals surface area (Å²) in [5.74, 6) is 0.179. The van der Waals surface area contributed by atoms with Crippen LogP contribution in [0.5, 0.6) is 0 Å². The van der Waals surface area contributed by atoms with Crippen LogP contribution in [0.3, 0.4) is 0 Å². The van der Waals surface area contributed by atoms with Crippen LogP contribution in [0.15, 0.2) is 24.3 Å². The number of aryl methyl sites for hydroxylation is 1. The number of piperidine rings is 1. The monoisotopic (exact) mass is 430 g/mol. The van der Waals surface area contributed by atoms with E-state index in [0.29, 0.717) is 12.2 Å². The zero-order valence-corrected chi connectivity index (χ0v) is 18.3. The van der Waals surface area contributed by atoms with Crippen LogP contribution in [0.2, 0.25) is 0 Å². The number of benzene rings is 1. The van der Waals surface area contributed by atoms with Crippen LogP contribution in [-0.2, 0) is 20.8 Å². The van der Waals surface area contributed by atoms with Gasteiger partial charge in [-0.2, -0.15) is 0 Å². The maximum Gasteiger partial charge on any atom is 0.246 e. The Bertz CT molecular complexity index is 832. The largest absolute Gasteiger partial charge is 0.347 e. The van der Waals surface area contributed by atoms with Crippen molar-refractivity contribution in [1.29, 1.82) is 0 Å². The summed E-state index contributed by atoms with van der Waals surface area (Å²) in [6.07, 6.45) is 4.40. The van der Waals surface area contributed by atoms with Crippen LogP contribution in [0.1, 0.15) is 49.8 Å². The summed E-state index contributed by atoms with van der Waals surface area (Å²) < 4.78 is 0. The molecule has 5 atom stereocenters. The number of thioether (sulfide) groups is 1. The molecule has 0 aromatic heterocycles. The summed E-state index contributed by atoms with van der Waals surface area (Å²) in [6.45, 7) is 1.76. The fourth-order valence-electron chi connectivity index (χ4n) is 4.63. The Labute approximate surface area is 181 Å². The number of hydrogen-bond donors (Lipinski definition) is 3. The van der Waals surface area contributed by atoms with E-state index in [2.05, 4.69) is 28.1 Å². The minimum absolute atomic E-state index is 0.00151. The molecule has 1 aromatic rings. The number of carbonyl (C=O) groups is 3. The molecule has 0 spiro atoms. The molecule has 0 saturated carbocycles. The predicted octanol–water partition coefficient (Wildman–Crippen LogP) is 1.34. The summed E-state index contributed by atoms with van der Waals surface area (Å²) in [6, 6.07) is 6.86. The Morgan fingerprint density at radius 2 is 1.93 bits per heavy atom. The summed E-state index contributed by atoms with van der Waals surface area (Å²) in [7, 11) is 1.71. The van der Waals surface area contributed by atoms with Gasteiger partial charge in [-0.3, -0.25) is 14.4 Å². The molecule has 2 fully saturated rings. The second kappa shape index (κ2) is 8.98. The zero-order valence-electron chi connectivity index (χ0n) is 17.5. The highest BCUT2D eigenvalue weighted by atomic mass is 32.2. The number of amides is 3. The molecule has 2 aliphatic heterocycles. The molecule has 30 heavy (non-hydrogen) atoms. The van der Waals surface area contributed by atoms with Crippen molar-refractivity contribution in [3.05, 3.63) is 35.4 Å². The lowest BCUT2D eigenvalue weighted by molar-refractivity contribution is -0.145. The quantitative estimate of drug-likeness (QED) is 0.656. The number of rotatable bonds is 5. The van der Waals surface area contributed by atoms with E-state index in [1.807, 2.05) is 12.1 Å². The van der Waals surface area contributed by atoms with Crippen molar-refractivity contribution < 1.29 is 14.4 Å². The lowest BCUT2D eigenvalue weighted by Gasteiger charge is -2.37. The first-order chi connectivity index (χ1) is 14.5.